The van der Waals surface area contributed by atoms with Crippen molar-refractivity contribution in [1.29, 1.82) is 0 Å². The molecule has 0 aliphatic heterocycles. The highest BCUT2D eigenvalue weighted by Crippen LogP contribution is 2.32. The third-order valence-electron chi connectivity index (χ3n) is 6.85. The van der Waals surface area contributed by atoms with Crippen LogP contribution in [0, 0.1) is 23.7 Å². The molecule has 2 atom stereocenters. The van der Waals surface area contributed by atoms with Gasteiger partial charge in [0.1, 0.15) is 6.29 Å². The maximum absolute atomic E-state index is 10.8. The van der Waals surface area contributed by atoms with Crippen molar-refractivity contribution in [2.24, 2.45) is 23.7 Å². The second kappa shape index (κ2) is 12.1. The van der Waals surface area contributed by atoms with Crippen LogP contribution in [0.15, 0.2) is 0 Å². The van der Waals surface area contributed by atoms with Gasteiger partial charge in [0.15, 0.2) is 0 Å². The van der Waals surface area contributed by atoms with E-state index in [-0.39, 0.29) is 0 Å². The second-order valence-corrected chi connectivity index (χ2v) is 9.11. The van der Waals surface area contributed by atoms with Gasteiger partial charge < -0.3 is 4.79 Å². The highest BCUT2D eigenvalue weighted by atomic mass is 16.1. The molecule has 2 aliphatic rings. The summed E-state index contributed by atoms with van der Waals surface area (Å²) >= 11 is 0. The Morgan fingerprint density at radius 3 is 1.88 bits per heavy atom. The van der Waals surface area contributed by atoms with Crippen molar-refractivity contribution in [2.75, 3.05) is 0 Å². The Balaban J connectivity index is 1.34. The van der Waals surface area contributed by atoms with Crippen molar-refractivity contribution in [1.82, 2.24) is 0 Å². The van der Waals surface area contributed by atoms with Crippen molar-refractivity contribution in [3.8, 4) is 0 Å². The average molecular weight is 335 g/mol. The molecule has 2 rings (SSSR count). The van der Waals surface area contributed by atoms with Crippen LogP contribution < -0.4 is 0 Å². The third kappa shape index (κ3) is 8.17. The van der Waals surface area contributed by atoms with Crippen LogP contribution >= 0.6 is 0 Å². The van der Waals surface area contributed by atoms with E-state index >= 15 is 0 Å². The van der Waals surface area contributed by atoms with E-state index in [1.165, 1.54) is 103 Å². The number of carbonyl (C=O) groups excluding carboxylic acids is 1. The zero-order chi connectivity index (χ0) is 17.0. The summed E-state index contributed by atoms with van der Waals surface area (Å²) in [5.41, 5.74) is 0. The Morgan fingerprint density at radius 2 is 1.29 bits per heavy atom. The van der Waals surface area contributed by atoms with Gasteiger partial charge in [0, 0.05) is 5.92 Å². The van der Waals surface area contributed by atoms with Crippen LogP contribution in [0.5, 0.6) is 0 Å². The fraction of sp³-hybridized carbons (Fsp3) is 0.957. The molecular formula is C23H42O. The Labute approximate surface area is 151 Å². The first-order valence-corrected chi connectivity index (χ1v) is 11.2. The zero-order valence-electron chi connectivity index (χ0n) is 16.3. The number of carbonyl (C=O) groups is 1. The van der Waals surface area contributed by atoms with E-state index in [9.17, 15) is 4.79 Å². The van der Waals surface area contributed by atoms with Gasteiger partial charge in [-0.05, 0) is 49.9 Å². The molecule has 2 unspecified atom stereocenters. The summed E-state index contributed by atoms with van der Waals surface area (Å²) in [6.45, 7) is 2.44. The lowest BCUT2D eigenvalue weighted by Crippen LogP contribution is -2.15. The molecule has 2 aliphatic carbocycles. The summed E-state index contributed by atoms with van der Waals surface area (Å²) in [7, 11) is 0. The fourth-order valence-corrected chi connectivity index (χ4v) is 5.18. The molecule has 140 valence electrons. The molecule has 1 nitrogen and oxygen atoms in total. The maximum Gasteiger partial charge on any atom is 0.123 e. The average Bonchev–Trinajstić information content (AvgIpc) is 2.61. The van der Waals surface area contributed by atoms with E-state index < -0.39 is 0 Å². The first kappa shape index (κ1) is 20.0. The number of rotatable bonds is 11. The van der Waals surface area contributed by atoms with Crippen LogP contribution in [0.3, 0.4) is 0 Å². The van der Waals surface area contributed by atoms with Gasteiger partial charge >= 0.3 is 0 Å². The molecule has 0 saturated heterocycles. The molecule has 2 saturated carbocycles. The predicted molar refractivity (Wildman–Crippen MR) is 104 cm³/mol. The Bertz CT molecular complexity index is 316. The maximum atomic E-state index is 10.8. The zero-order valence-corrected chi connectivity index (χ0v) is 16.3. The van der Waals surface area contributed by atoms with Gasteiger partial charge in [0.2, 0.25) is 0 Å². The first-order valence-electron chi connectivity index (χ1n) is 11.2. The highest BCUT2D eigenvalue weighted by molar-refractivity contribution is 5.53. The molecule has 2 fully saturated rings. The number of hydrogen-bond acceptors (Lipinski definition) is 1. The van der Waals surface area contributed by atoms with Gasteiger partial charge in [-0.3, -0.25) is 0 Å². The van der Waals surface area contributed by atoms with Crippen molar-refractivity contribution in [3.63, 3.8) is 0 Å². The van der Waals surface area contributed by atoms with E-state index in [4.69, 9.17) is 0 Å². The Kier molecular flexibility index (Phi) is 10.1. The van der Waals surface area contributed by atoms with Gasteiger partial charge in [-0.15, -0.1) is 0 Å². The Hall–Kier alpha value is -0.330. The van der Waals surface area contributed by atoms with Crippen LogP contribution in [-0.4, -0.2) is 6.29 Å². The molecule has 0 radical (unpaired) electrons. The van der Waals surface area contributed by atoms with Crippen LogP contribution in [0.2, 0.25) is 0 Å². The van der Waals surface area contributed by atoms with E-state index in [1.54, 1.807) is 0 Å². The smallest absolute Gasteiger partial charge is 0.123 e. The third-order valence-corrected chi connectivity index (χ3v) is 6.85. The van der Waals surface area contributed by atoms with Crippen LogP contribution in [-0.2, 0) is 4.79 Å². The minimum absolute atomic E-state index is 0.387. The van der Waals surface area contributed by atoms with Gasteiger partial charge in [0.25, 0.3) is 0 Å². The molecule has 0 heterocycles. The molecule has 0 aromatic rings. The second-order valence-electron chi connectivity index (χ2n) is 9.11. The van der Waals surface area contributed by atoms with Crippen molar-refractivity contribution in [2.45, 2.75) is 116 Å². The van der Waals surface area contributed by atoms with Crippen LogP contribution in [0.25, 0.3) is 0 Å². The molecule has 0 bridgehead atoms. The van der Waals surface area contributed by atoms with Crippen molar-refractivity contribution >= 4 is 6.29 Å². The summed E-state index contributed by atoms with van der Waals surface area (Å²) in [6.07, 6.45) is 25.2. The quantitative estimate of drug-likeness (QED) is 0.285. The lowest BCUT2D eigenvalue weighted by Gasteiger charge is -2.26. The Morgan fingerprint density at radius 1 is 0.708 bits per heavy atom. The van der Waals surface area contributed by atoms with Crippen LogP contribution in [0.1, 0.15) is 116 Å². The van der Waals surface area contributed by atoms with Crippen molar-refractivity contribution in [3.05, 3.63) is 0 Å². The largest absolute Gasteiger partial charge is 0.303 e. The lowest BCUT2D eigenvalue weighted by atomic mass is 9.80. The van der Waals surface area contributed by atoms with Gasteiger partial charge in [-0.2, -0.15) is 0 Å². The van der Waals surface area contributed by atoms with Gasteiger partial charge in [0.05, 0.1) is 0 Å². The van der Waals surface area contributed by atoms with Crippen molar-refractivity contribution < 1.29 is 4.79 Å². The van der Waals surface area contributed by atoms with E-state index in [1.807, 2.05) is 0 Å². The molecule has 0 aromatic carbocycles. The van der Waals surface area contributed by atoms with E-state index in [0.29, 0.717) is 5.92 Å². The first-order chi connectivity index (χ1) is 11.8. The summed E-state index contributed by atoms with van der Waals surface area (Å²) in [5.74, 6) is 3.37. The summed E-state index contributed by atoms with van der Waals surface area (Å²) in [6, 6.07) is 0. The summed E-state index contributed by atoms with van der Waals surface area (Å²) in [4.78, 5) is 10.8. The summed E-state index contributed by atoms with van der Waals surface area (Å²) < 4.78 is 0. The van der Waals surface area contributed by atoms with Gasteiger partial charge in [-0.1, -0.05) is 84.0 Å². The molecule has 24 heavy (non-hydrogen) atoms. The minimum Gasteiger partial charge on any atom is -0.303 e. The topological polar surface area (TPSA) is 17.1 Å². The lowest BCUT2D eigenvalue weighted by molar-refractivity contribution is -0.112. The van der Waals surface area contributed by atoms with Crippen LogP contribution in [0.4, 0.5) is 0 Å². The summed E-state index contributed by atoms with van der Waals surface area (Å²) in [5, 5.41) is 0. The monoisotopic (exact) mass is 334 g/mol. The molecule has 0 amide bonds. The fourth-order valence-electron chi connectivity index (χ4n) is 5.18. The number of hydrogen-bond donors (Lipinski definition) is 0. The SMILES string of the molecule is CC1CCCC(CCCCCCCCCC2CCC(C=O)CC2)C1. The molecule has 1 heteroatoms. The molecular weight excluding hydrogens is 292 g/mol. The number of aldehydes is 1. The predicted octanol–water partition coefficient (Wildman–Crippen LogP) is 7.33. The minimum atomic E-state index is 0.387. The normalized spacial score (nSPS) is 31.0. The van der Waals surface area contributed by atoms with Gasteiger partial charge in [-0.25, -0.2) is 0 Å². The number of unbranched alkanes of at least 4 members (excludes halogenated alkanes) is 6. The molecule has 0 aromatic heterocycles. The highest BCUT2D eigenvalue weighted by Gasteiger charge is 2.20. The molecule has 0 spiro atoms. The van der Waals surface area contributed by atoms with E-state index in [2.05, 4.69) is 6.92 Å². The molecule has 0 N–H and O–H groups in total. The van der Waals surface area contributed by atoms with E-state index in [0.717, 1.165) is 30.6 Å². The standard InChI is InChI=1S/C23H42O/c1-20-10-9-13-22(18-20)12-8-6-4-2-3-5-7-11-21-14-16-23(19-24)17-15-21/h19-23H,2-18H2,1H3.